The van der Waals surface area contributed by atoms with E-state index in [1.54, 1.807) is 6.92 Å². The fraction of sp³-hybridized carbons (Fsp3) is 0.278. The smallest absolute Gasteiger partial charge is 0.238 e. The highest BCUT2D eigenvalue weighted by Crippen LogP contribution is 2.32. The quantitative estimate of drug-likeness (QED) is 0.832. The van der Waals surface area contributed by atoms with Gasteiger partial charge in [0.15, 0.2) is 11.5 Å². The maximum atomic E-state index is 12.3. The molecule has 8 heteroatoms. The normalized spacial score (nSPS) is 12.9. The lowest BCUT2D eigenvalue weighted by Crippen LogP contribution is -2.16. The van der Waals surface area contributed by atoms with Gasteiger partial charge < -0.3 is 14.8 Å². The van der Waals surface area contributed by atoms with Crippen LogP contribution in [0.3, 0.4) is 0 Å². The zero-order valence-corrected chi connectivity index (χ0v) is 15.4. The number of primary sulfonamides is 1. The molecule has 26 heavy (non-hydrogen) atoms. The standard InChI is InChI=1S/C18H20N2O5S/c1-11-7-14(26(19,22)23)9-15(12(11)2)20-18(21)6-4-13-3-5-16-17(8-13)25-10-24-16/h3,5,7-9H,4,6,10H2,1-2H3,(H,20,21)(H2,19,22,23). The average molecular weight is 376 g/mol. The molecule has 3 rings (SSSR count). The second-order valence-electron chi connectivity index (χ2n) is 6.19. The number of carbonyl (C=O) groups excluding carboxylic acids is 1. The maximum Gasteiger partial charge on any atom is 0.238 e. The van der Waals surface area contributed by atoms with Crippen LogP contribution in [0.1, 0.15) is 23.1 Å². The summed E-state index contributed by atoms with van der Waals surface area (Å²) in [6, 6.07) is 8.44. The third-order valence-electron chi connectivity index (χ3n) is 4.32. The Hall–Kier alpha value is -2.58. The molecular weight excluding hydrogens is 356 g/mol. The molecule has 138 valence electrons. The van der Waals surface area contributed by atoms with E-state index in [0.29, 0.717) is 23.6 Å². The number of nitrogens with one attached hydrogen (secondary N) is 1. The molecule has 0 fully saturated rings. The summed E-state index contributed by atoms with van der Waals surface area (Å²) in [4.78, 5) is 12.3. The summed E-state index contributed by atoms with van der Waals surface area (Å²) in [6.45, 7) is 3.79. The number of nitrogens with two attached hydrogens (primary N) is 1. The predicted octanol–water partition coefficient (Wildman–Crippen LogP) is 2.25. The molecule has 1 aliphatic heterocycles. The number of aryl methyl sites for hydroxylation is 2. The van der Waals surface area contributed by atoms with Crippen molar-refractivity contribution in [3.63, 3.8) is 0 Å². The van der Waals surface area contributed by atoms with Crippen molar-refractivity contribution in [2.45, 2.75) is 31.6 Å². The Morgan fingerprint density at radius 2 is 1.88 bits per heavy atom. The van der Waals surface area contributed by atoms with Gasteiger partial charge in [0.25, 0.3) is 0 Å². The zero-order valence-electron chi connectivity index (χ0n) is 14.5. The summed E-state index contributed by atoms with van der Waals surface area (Å²) in [5.41, 5.74) is 2.94. The Morgan fingerprint density at radius 1 is 1.15 bits per heavy atom. The van der Waals surface area contributed by atoms with Crippen molar-refractivity contribution in [3.8, 4) is 11.5 Å². The first kappa shape index (κ1) is 18.2. The van der Waals surface area contributed by atoms with Gasteiger partial charge in [0, 0.05) is 12.1 Å². The van der Waals surface area contributed by atoms with E-state index in [1.807, 2.05) is 25.1 Å². The van der Waals surface area contributed by atoms with Gasteiger partial charge in [-0.2, -0.15) is 0 Å². The number of carbonyl (C=O) groups is 1. The lowest BCUT2D eigenvalue weighted by atomic mass is 10.1. The van der Waals surface area contributed by atoms with E-state index in [-0.39, 0.29) is 24.0 Å². The van der Waals surface area contributed by atoms with Crippen LogP contribution >= 0.6 is 0 Å². The number of ether oxygens (including phenoxy) is 2. The Kier molecular flexibility index (Phi) is 4.88. The van der Waals surface area contributed by atoms with Gasteiger partial charge in [-0.3, -0.25) is 4.79 Å². The molecule has 0 aromatic heterocycles. The van der Waals surface area contributed by atoms with Gasteiger partial charge in [0.05, 0.1) is 4.90 Å². The molecule has 7 nitrogen and oxygen atoms in total. The summed E-state index contributed by atoms with van der Waals surface area (Å²) in [5.74, 6) is 1.16. The van der Waals surface area contributed by atoms with Gasteiger partial charge in [-0.25, -0.2) is 13.6 Å². The summed E-state index contributed by atoms with van der Waals surface area (Å²) in [7, 11) is -3.84. The molecule has 0 atom stereocenters. The van der Waals surface area contributed by atoms with Crippen LogP contribution in [0.5, 0.6) is 11.5 Å². The minimum Gasteiger partial charge on any atom is -0.454 e. The van der Waals surface area contributed by atoms with E-state index in [0.717, 1.165) is 16.7 Å². The van der Waals surface area contributed by atoms with E-state index >= 15 is 0 Å². The van der Waals surface area contributed by atoms with Crippen molar-refractivity contribution in [2.75, 3.05) is 12.1 Å². The van der Waals surface area contributed by atoms with Crippen LogP contribution in [0.25, 0.3) is 0 Å². The van der Waals surface area contributed by atoms with Crippen molar-refractivity contribution in [2.24, 2.45) is 5.14 Å². The van der Waals surface area contributed by atoms with Gasteiger partial charge in [0.1, 0.15) is 0 Å². The molecule has 0 aliphatic carbocycles. The fourth-order valence-electron chi connectivity index (χ4n) is 2.69. The first-order valence-corrected chi connectivity index (χ1v) is 9.61. The lowest BCUT2D eigenvalue weighted by Gasteiger charge is -2.13. The van der Waals surface area contributed by atoms with Gasteiger partial charge in [-0.05, 0) is 61.2 Å². The zero-order chi connectivity index (χ0) is 18.9. The fourth-order valence-corrected chi connectivity index (χ4v) is 3.31. The summed E-state index contributed by atoms with van der Waals surface area (Å²) in [5, 5.41) is 7.96. The first-order chi connectivity index (χ1) is 12.2. The van der Waals surface area contributed by atoms with Gasteiger partial charge >= 0.3 is 0 Å². The average Bonchev–Trinajstić information content (AvgIpc) is 3.03. The molecule has 0 spiro atoms. The largest absolute Gasteiger partial charge is 0.454 e. The summed E-state index contributed by atoms with van der Waals surface area (Å²) >= 11 is 0. The number of sulfonamides is 1. The van der Waals surface area contributed by atoms with Gasteiger partial charge in [-0.1, -0.05) is 6.07 Å². The molecule has 0 saturated heterocycles. The van der Waals surface area contributed by atoms with Crippen LogP contribution in [-0.4, -0.2) is 21.1 Å². The van der Waals surface area contributed by atoms with Gasteiger partial charge in [0.2, 0.25) is 22.7 Å². The van der Waals surface area contributed by atoms with Crippen molar-refractivity contribution in [3.05, 3.63) is 47.0 Å². The van der Waals surface area contributed by atoms with E-state index in [9.17, 15) is 13.2 Å². The van der Waals surface area contributed by atoms with Crippen molar-refractivity contribution in [1.29, 1.82) is 0 Å². The number of benzene rings is 2. The molecule has 3 N–H and O–H groups in total. The number of anilines is 1. The second kappa shape index (κ2) is 6.97. The van der Waals surface area contributed by atoms with E-state index in [4.69, 9.17) is 14.6 Å². The molecule has 1 aliphatic rings. The van der Waals surface area contributed by atoms with E-state index in [2.05, 4.69) is 5.32 Å². The van der Waals surface area contributed by atoms with Crippen LogP contribution in [0.4, 0.5) is 5.69 Å². The SMILES string of the molecule is Cc1cc(S(N)(=O)=O)cc(NC(=O)CCc2ccc3c(c2)OCO3)c1C. The molecule has 2 aromatic carbocycles. The highest BCUT2D eigenvalue weighted by molar-refractivity contribution is 7.89. The van der Waals surface area contributed by atoms with Crippen LogP contribution in [-0.2, 0) is 21.2 Å². The molecule has 2 aromatic rings. The number of hydrogen-bond acceptors (Lipinski definition) is 5. The topological polar surface area (TPSA) is 108 Å². The molecule has 1 heterocycles. The van der Waals surface area contributed by atoms with E-state index < -0.39 is 10.0 Å². The van der Waals surface area contributed by atoms with Crippen LogP contribution in [0.2, 0.25) is 0 Å². The highest BCUT2D eigenvalue weighted by Gasteiger charge is 2.16. The first-order valence-electron chi connectivity index (χ1n) is 8.06. The number of rotatable bonds is 5. The lowest BCUT2D eigenvalue weighted by molar-refractivity contribution is -0.116. The molecule has 0 saturated carbocycles. The van der Waals surface area contributed by atoms with Crippen LogP contribution in [0, 0.1) is 13.8 Å². The molecule has 1 amide bonds. The third kappa shape index (κ3) is 3.97. The van der Waals surface area contributed by atoms with Crippen molar-refractivity contribution >= 4 is 21.6 Å². The van der Waals surface area contributed by atoms with Gasteiger partial charge in [-0.15, -0.1) is 0 Å². The van der Waals surface area contributed by atoms with Crippen molar-refractivity contribution < 1.29 is 22.7 Å². The molecule has 0 radical (unpaired) electrons. The predicted molar refractivity (Wildman–Crippen MR) is 96.8 cm³/mol. The van der Waals surface area contributed by atoms with E-state index in [1.165, 1.54) is 12.1 Å². The minimum atomic E-state index is -3.84. The Bertz CT molecular complexity index is 970. The van der Waals surface area contributed by atoms with Crippen LogP contribution < -0.4 is 19.9 Å². The third-order valence-corrected chi connectivity index (χ3v) is 5.21. The van der Waals surface area contributed by atoms with Crippen LogP contribution in [0.15, 0.2) is 35.2 Å². The summed E-state index contributed by atoms with van der Waals surface area (Å²) < 4.78 is 33.7. The number of amides is 1. The summed E-state index contributed by atoms with van der Waals surface area (Å²) in [6.07, 6.45) is 0.771. The van der Waals surface area contributed by atoms with Crippen molar-refractivity contribution in [1.82, 2.24) is 0 Å². The maximum absolute atomic E-state index is 12.3. The Morgan fingerprint density at radius 3 is 2.62 bits per heavy atom. The minimum absolute atomic E-state index is 0.0216. The molecule has 0 unspecified atom stereocenters. The monoisotopic (exact) mass is 376 g/mol. The number of fused-ring (bicyclic) bond motifs is 1. The highest BCUT2D eigenvalue weighted by atomic mass is 32.2. The Labute approximate surface area is 152 Å². The number of hydrogen-bond donors (Lipinski definition) is 2. The second-order valence-corrected chi connectivity index (χ2v) is 7.75. The Balaban J connectivity index is 1.69. The molecular formula is C18H20N2O5S. The molecule has 0 bridgehead atoms.